The van der Waals surface area contributed by atoms with Crippen molar-refractivity contribution >= 4 is 44.1 Å². The summed E-state index contributed by atoms with van der Waals surface area (Å²) in [6.07, 6.45) is 0.886. The topological polar surface area (TPSA) is 102 Å². The smallest absolute Gasteiger partial charge is 0.358 e. The monoisotopic (exact) mass is 423 g/mol. The van der Waals surface area contributed by atoms with Gasteiger partial charge in [0.1, 0.15) is 10.7 Å². The maximum Gasteiger partial charge on any atom is 0.363 e. The molecular formula is C11H7FIN3O4S. The van der Waals surface area contributed by atoms with Crippen LogP contribution < -0.4 is 4.72 Å². The Balaban J connectivity index is 2.31. The quantitative estimate of drug-likeness (QED) is 0.463. The molecule has 1 aromatic heterocycles. The molecule has 2 aromatic rings. The fraction of sp³-hybridized carbons (Fsp3) is 0. The first-order valence-electron chi connectivity index (χ1n) is 5.38. The zero-order chi connectivity index (χ0) is 15.6. The number of anilines is 1. The van der Waals surface area contributed by atoms with Crippen molar-refractivity contribution in [1.82, 2.24) is 4.98 Å². The zero-order valence-corrected chi connectivity index (χ0v) is 13.1. The third-order valence-corrected chi connectivity index (χ3v) is 4.64. The number of benzene rings is 1. The van der Waals surface area contributed by atoms with E-state index >= 15 is 0 Å². The van der Waals surface area contributed by atoms with Crippen LogP contribution in [0.1, 0.15) is 0 Å². The van der Waals surface area contributed by atoms with Gasteiger partial charge in [-0.15, -0.1) is 0 Å². The standard InChI is InChI=1S/C11H7FIN3O4S/c12-7-1-3-10(9(13)5-7)15-21(19,20)8-2-4-11(14-6-8)16(17)18/h1-6,15H. The van der Waals surface area contributed by atoms with Gasteiger partial charge < -0.3 is 10.1 Å². The van der Waals surface area contributed by atoms with Crippen LogP contribution in [0.5, 0.6) is 0 Å². The molecule has 0 radical (unpaired) electrons. The molecule has 0 unspecified atom stereocenters. The van der Waals surface area contributed by atoms with E-state index in [-0.39, 0.29) is 10.6 Å². The van der Waals surface area contributed by atoms with Gasteiger partial charge in [-0.3, -0.25) is 4.72 Å². The second-order valence-electron chi connectivity index (χ2n) is 3.84. The van der Waals surface area contributed by atoms with E-state index in [1.54, 1.807) is 22.6 Å². The lowest BCUT2D eigenvalue weighted by Gasteiger charge is -2.08. The predicted octanol–water partition coefficient (Wildman–Crippen LogP) is 2.53. The molecule has 0 saturated heterocycles. The summed E-state index contributed by atoms with van der Waals surface area (Å²) in [5.41, 5.74) is 0.204. The van der Waals surface area contributed by atoms with Gasteiger partial charge >= 0.3 is 5.82 Å². The molecule has 110 valence electrons. The van der Waals surface area contributed by atoms with Crippen molar-refractivity contribution in [1.29, 1.82) is 0 Å². The molecule has 21 heavy (non-hydrogen) atoms. The highest BCUT2D eigenvalue weighted by Gasteiger charge is 2.19. The van der Waals surface area contributed by atoms with E-state index in [1.807, 2.05) is 0 Å². The lowest BCUT2D eigenvalue weighted by molar-refractivity contribution is -0.389. The summed E-state index contributed by atoms with van der Waals surface area (Å²) in [6, 6.07) is 5.64. The van der Waals surface area contributed by atoms with Crippen LogP contribution in [0.3, 0.4) is 0 Å². The summed E-state index contributed by atoms with van der Waals surface area (Å²) in [5.74, 6) is -0.940. The summed E-state index contributed by atoms with van der Waals surface area (Å²) < 4.78 is 39.8. The summed E-state index contributed by atoms with van der Waals surface area (Å²) in [4.78, 5) is 13.0. The average Bonchev–Trinajstić information content (AvgIpc) is 2.42. The molecule has 0 saturated carbocycles. The number of nitrogens with zero attached hydrogens (tertiary/aromatic N) is 2. The number of rotatable bonds is 4. The van der Waals surface area contributed by atoms with Crippen molar-refractivity contribution < 1.29 is 17.7 Å². The molecule has 0 bridgehead atoms. The Morgan fingerprint density at radius 2 is 2.00 bits per heavy atom. The van der Waals surface area contributed by atoms with Crippen molar-refractivity contribution in [3.8, 4) is 0 Å². The minimum atomic E-state index is -3.95. The molecule has 1 N–H and O–H groups in total. The van der Waals surface area contributed by atoms with E-state index in [9.17, 15) is 22.9 Å². The van der Waals surface area contributed by atoms with E-state index < -0.39 is 26.6 Å². The Bertz CT molecular complexity index is 796. The highest BCUT2D eigenvalue weighted by atomic mass is 127. The minimum absolute atomic E-state index is 0.204. The van der Waals surface area contributed by atoms with Gasteiger partial charge in [-0.25, -0.2) is 12.8 Å². The van der Waals surface area contributed by atoms with Crippen LogP contribution in [0, 0.1) is 19.5 Å². The van der Waals surface area contributed by atoms with Gasteiger partial charge in [-0.2, -0.15) is 0 Å². The molecule has 0 aliphatic rings. The fourth-order valence-electron chi connectivity index (χ4n) is 1.42. The van der Waals surface area contributed by atoms with Gasteiger partial charge in [0.15, 0.2) is 6.20 Å². The van der Waals surface area contributed by atoms with Gasteiger partial charge in [-0.05, 0) is 56.8 Å². The molecule has 0 spiro atoms. The number of hydrogen-bond donors (Lipinski definition) is 1. The van der Waals surface area contributed by atoms with E-state index in [0.29, 0.717) is 3.57 Å². The molecule has 1 aromatic carbocycles. The number of pyridine rings is 1. The van der Waals surface area contributed by atoms with Crippen LogP contribution in [0.15, 0.2) is 41.4 Å². The Morgan fingerprint density at radius 1 is 1.29 bits per heavy atom. The van der Waals surface area contributed by atoms with Crippen molar-refractivity contribution in [2.45, 2.75) is 4.90 Å². The third-order valence-electron chi connectivity index (χ3n) is 2.39. The summed E-state index contributed by atoms with van der Waals surface area (Å²) in [7, 11) is -3.95. The van der Waals surface area contributed by atoms with Crippen LogP contribution >= 0.6 is 22.6 Å². The molecular weight excluding hydrogens is 416 g/mol. The lowest BCUT2D eigenvalue weighted by atomic mass is 10.3. The van der Waals surface area contributed by atoms with Gasteiger partial charge in [0.2, 0.25) is 0 Å². The van der Waals surface area contributed by atoms with Crippen LogP contribution in [-0.4, -0.2) is 18.3 Å². The molecule has 2 rings (SSSR count). The van der Waals surface area contributed by atoms with E-state index in [0.717, 1.165) is 24.4 Å². The van der Waals surface area contributed by atoms with Crippen molar-refractivity contribution in [2.24, 2.45) is 0 Å². The number of nitrogens with one attached hydrogen (secondary N) is 1. The molecule has 0 aliphatic carbocycles. The van der Waals surface area contributed by atoms with Crippen molar-refractivity contribution in [3.63, 3.8) is 0 Å². The number of halogens is 2. The lowest BCUT2D eigenvalue weighted by Crippen LogP contribution is -2.14. The fourth-order valence-corrected chi connectivity index (χ4v) is 3.23. The van der Waals surface area contributed by atoms with Gasteiger partial charge in [-0.1, -0.05) is 0 Å². The van der Waals surface area contributed by atoms with E-state index in [1.165, 1.54) is 12.1 Å². The molecule has 1 heterocycles. The van der Waals surface area contributed by atoms with Crippen LogP contribution in [0.25, 0.3) is 0 Å². The highest BCUT2D eigenvalue weighted by Crippen LogP contribution is 2.22. The SMILES string of the molecule is O=[N+]([O-])c1ccc(S(=O)(=O)Nc2ccc(F)cc2I)cn1. The Hall–Kier alpha value is -1.82. The van der Waals surface area contributed by atoms with Gasteiger partial charge in [0.05, 0.1) is 5.69 Å². The average molecular weight is 423 g/mol. The zero-order valence-electron chi connectivity index (χ0n) is 10.2. The van der Waals surface area contributed by atoms with Gasteiger partial charge in [0.25, 0.3) is 10.0 Å². The van der Waals surface area contributed by atoms with Crippen LogP contribution in [0.4, 0.5) is 15.9 Å². The molecule has 0 atom stereocenters. The number of nitro groups is 1. The maximum absolute atomic E-state index is 13.0. The summed E-state index contributed by atoms with van der Waals surface area (Å²) in [6.45, 7) is 0. The first-order chi connectivity index (χ1) is 9.79. The largest absolute Gasteiger partial charge is 0.363 e. The molecule has 7 nitrogen and oxygen atoms in total. The van der Waals surface area contributed by atoms with E-state index in [2.05, 4.69) is 9.71 Å². The molecule has 0 aliphatic heterocycles. The van der Waals surface area contributed by atoms with Crippen molar-refractivity contribution in [3.05, 3.63) is 56.0 Å². The Kier molecular flexibility index (Phi) is 4.37. The first-order valence-corrected chi connectivity index (χ1v) is 7.94. The highest BCUT2D eigenvalue weighted by molar-refractivity contribution is 14.1. The van der Waals surface area contributed by atoms with Gasteiger partial charge in [0, 0.05) is 9.64 Å². The minimum Gasteiger partial charge on any atom is -0.358 e. The van der Waals surface area contributed by atoms with Crippen LogP contribution in [-0.2, 0) is 10.0 Å². The second kappa shape index (κ2) is 5.89. The number of sulfonamides is 1. The Morgan fingerprint density at radius 3 is 2.52 bits per heavy atom. The van der Waals surface area contributed by atoms with Crippen LogP contribution in [0.2, 0.25) is 0 Å². The van der Waals surface area contributed by atoms with E-state index in [4.69, 9.17) is 0 Å². The number of hydrogen-bond acceptors (Lipinski definition) is 5. The molecule has 0 amide bonds. The molecule has 0 fully saturated rings. The number of aromatic nitrogens is 1. The normalized spacial score (nSPS) is 11.1. The predicted molar refractivity (Wildman–Crippen MR) is 80.8 cm³/mol. The second-order valence-corrected chi connectivity index (χ2v) is 6.68. The Labute approximate surface area is 132 Å². The summed E-state index contributed by atoms with van der Waals surface area (Å²) in [5, 5.41) is 10.5. The molecule has 10 heteroatoms. The van der Waals surface area contributed by atoms with Crippen molar-refractivity contribution in [2.75, 3.05) is 4.72 Å². The maximum atomic E-state index is 13.0. The first kappa shape index (κ1) is 15.6. The third kappa shape index (κ3) is 3.64. The summed E-state index contributed by atoms with van der Waals surface area (Å²) >= 11 is 1.79.